The Morgan fingerprint density at radius 3 is 2.25 bits per heavy atom. The summed E-state index contributed by atoms with van der Waals surface area (Å²) in [5.74, 6) is 4.48. The maximum atomic E-state index is 14.7. The van der Waals surface area contributed by atoms with Crippen molar-refractivity contribution in [2.75, 3.05) is 6.67 Å². The molecule has 0 spiro atoms. The lowest BCUT2D eigenvalue weighted by Crippen LogP contribution is -2.65. The zero-order valence-corrected chi connectivity index (χ0v) is 31.6. The SMILES string of the molecule is CC(C)[C@@H]1CC[C@]2(C)CC[C@]3(C)[C@H](CC[C@@H]4[C@@]5(C)CC=C(C6=CC[C@@](CF)(C(=O)OCc7ccccc7)CC6)C(C)(C)[C@@H]5CC[C@]43C)[C@@H]12. The number of alkyl halides is 1. The normalized spacial score (nSPS) is 44.8. The molecular weight excluding hydrogens is 591 g/mol. The molecule has 0 amide bonds. The summed E-state index contributed by atoms with van der Waals surface area (Å²) >= 11 is 0. The lowest BCUT2D eigenvalue weighted by Gasteiger charge is -2.72. The molecule has 0 heterocycles. The molecule has 0 aromatic heterocycles. The molecule has 1 aromatic rings. The number of carbonyl (C=O) groups excluding carboxylic acids is 1. The van der Waals surface area contributed by atoms with E-state index in [1.165, 1.54) is 62.5 Å². The van der Waals surface area contributed by atoms with Gasteiger partial charge < -0.3 is 4.74 Å². The van der Waals surface area contributed by atoms with Crippen molar-refractivity contribution < 1.29 is 13.9 Å². The summed E-state index contributed by atoms with van der Waals surface area (Å²) in [6.45, 7) is 20.5. The van der Waals surface area contributed by atoms with E-state index in [9.17, 15) is 9.18 Å². The van der Waals surface area contributed by atoms with Gasteiger partial charge in [0.25, 0.3) is 0 Å². The molecule has 0 N–H and O–H groups in total. The fourth-order valence-corrected chi connectivity index (χ4v) is 14.3. The number of carbonyl (C=O) groups is 1. The van der Waals surface area contributed by atoms with Crippen LogP contribution in [0.15, 0.2) is 53.6 Å². The summed E-state index contributed by atoms with van der Waals surface area (Å²) in [4.78, 5) is 13.3. The van der Waals surface area contributed by atoms with Crippen molar-refractivity contribution in [3.63, 3.8) is 0 Å². The van der Waals surface area contributed by atoms with Crippen LogP contribution in [0.1, 0.15) is 138 Å². The number of esters is 1. The second-order valence-corrected chi connectivity index (χ2v) is 19.7. The molecular formula is C45H65FO2. The van der Waals surface area contributed by atoms with E-state index in [1.807, 2.05) is 30.3 Å². The summed E-state index contributed by atoms with van der Waals surface area (Å²) in [6, 6.07) is 9.72. The number of allylic oxidation sites excluding steroid dienone is 4. The quantitative estimate of drug-likeness (QED) is 0.285. The van der Waals surface area contributed by atoms with E-state index in [1.54, 1.807) is 0 Å². The molecule has 4 fully saturated rings. The van der Waals surface area contributed by atoms with E-state index in [4.69, 9.17) is 4.74 Å². The van der Waals surface area contributed by atoms with E-state index in [2.05, 4.69) is 67.5 Å². The lowest BCUT2D eigenvalue weighted by molar-refractivity contribution is -0.227. The van der Waals surface area contributed by atoms with Crippen molar-refractivity contribution in [2.45, 2.75) is 139 Å². The molecule has 48 heavy (non-hydrogen) atoms. The van der Waals surface area contributed by atoms with Gasteiger partial charge in [0, 0.05) is 0 Å². The Hall–Kier alpha value is -1.90. The van der Waals surface area contributed by atoms with Crippen molar-refractivity contribution in [1.82, 2.24) is 0 Å². The Bertz CT molecular complexity index is 1460. The Morgan fingerprint density at radius 2 is 1.58 bits per heavy atom. The van der Waals surface area contributed by atoms with Gasteiger partial charge in [-0.1, -0.05) is 97.9 Å². The number of halogens is 1. The van der Waals surface area contributed by atoms with Gasteiger partial charge in [0.2, 0.25) is 0 Å². The highest BCUT2D eigenvalue weighted by Crippen LogP contribution is 2.77. The first-order chi connectivity index (χ1) is 22.7. The minimum atomic E-state index is -1.06. The van der Waals surface area contributed by atoms with Crippen LogP contribution in [-0.4, -0.2) is 12.6 Å². The van der Waals surface area contributed by atoms with Crippen LogP contribution in [0.5, 0.6) is 0 Å². The van der Waals surface area contributed by atoms with Crippen LogP contribution in [0, 0.1) is 68.0 Å². The lowest BCUT2D eigenvalue weighted by atomic mass is 9.32. The standard InChI is InChI=1S/C45H65FO2/c1-30(2)33-18-21-41(5)26-27-43(7)35(38(33)41)14-15-37-42(6)22-19-34(40(3,4)36(42)20-23-44(37,43)8)32-16-24-45(29-46,25-17-32)39(47)48-28-31-12-10-9-11-13-31/h9-13,16,19,30,33,35-38H,14-15,17-18,20-29H2,1-8H3/t33-,35+,36-,37+,38+,41+,42-,43+,44+,45+/m0/s1. The molecule has 0 bridgehead atoms. The van der Waals surface area contributed by atoms with Crippen molar-refractivity contribution in [2.24, 2.45) is 68.0 Å². The summed E-state index contributed by atoms with van der Waals surface area (Å²) in [5.41, 5.74) is 4.44. The van der Waals surface area contributed by atoms with Gasteiger partial charge in [-0.2, -0.15) is 0 Å². The van der Waals surface area contributed by atoms with Gasteiger partial charge >= 0.3 is 5.97 Å². The van der Waals surface area contributed by atoms with Gasteiger partial charge in [0.05, 0.1) is 5.41 Å². The number of hydrogen-bond acceptors (Lipinski definition) is 2. The predicted molar refractivity (Wildman–Crippen MR) is 195 cm³/mol. The molecule has 1 aromatic carbocycles. The van der Waals surface area contributed by atoms with Crippen molar-refractivity contribution in [1.29, 1.82) is 0 Å². The first-order valence-corrected chi connectivity index (χ1v) is 19.8. The smallest absolute Gasteiger partial charge is 0.315 e. The highest BCUT2D eigenvalue weighted by Gasteiger charge is 2.70. The van der Waals surface area contributed by atoms with Gasteiger partial charge in [-0.3, -0.25) is 4.79 Å². The molecule has 3 heteroatoms. The van der Waals surface area contributed by atoms with Crippen molar-refractivity contribution in [3.05, 3.63) is 59.2 Å². The highest BCUT2D eigenvalue weighted by atomic mass is 19.1. The number of fused-ring (bicyclic) bond motifs is 7. The maximum absolute atomic E-state index is 14.7. The molecule has 6 aliphatic rings. The van der Waals surface area contributed by atoms with Crippen LogP contribution >= 0.6 is 0 Å². The first-order valence-electron chi connectivity index (χ1n) is 19.8. The van der Waals surface area contributed by atoms with Crippen LogP contribution < -0.4 is 0 Å². The maximum Gasteiger partial charge on any atom is 0.315 e. The van der Waals surface area contributed by atoms with Crippen LogP contribution in [0.3, 0.4) is 0 Å². The zero-order chi connectivity index (χ0) is 34.3. The van der Waals surface area contributed by atoms with Crippen LogP contribution in [0.2, 0.25) is 0 Å². The van der Waals surface area contributed by atoms with Gasteiger partial charge in [0.1, 0.15) is 13.3 Å². The molecule has 10 atom stereocenters. The summed E-state index contributed by atoms with van der Waals surface area (Å²) in [7, 11) is 0. The second-order valence-electron chi connectivity index (χ2n) is 19.7. The van der Waals surface area contributed by atoms with Crippen LogP contribution in [0.4, 0.5) is 4.39 Å². The number of benzene rings is 1. The van der Waals surface area contributed by atoms with E-state index in [-0.39, 0.29) is 18.0 Å². The molecule has 0 aliphatic heterocycles. The predicted octanol–water partition coefficient (Wildman–Crippen LogP) is 12.1. The molecule has 2 nitrogen and oxygen atoms in total. The van der Waals surface area contributed by atoms with Gasteiger partial charge in [-0.25, -0.2) is 4.39 Å². The van der Waals surface area contributed by atoms with E-state index in [0.29, 0.717) is 40.4 Å². The average Bonchev–Trinajstić information content (AvgIpc) is 3.42. The minimum absolute atomic E-state index is 0.0563. The van der Waals surface area contributed by atoms with Crippen LogP contribution in [0.25, 0.3) is 0 Å². The third-order valence-electron chi connectivity index (χ3n) is 17.2. The van der Waals surface area contributed by atoms with Crippen molar-refractivity contribution in [3.8, 4) is 0 Å². The largest absolute Gasteiger partial charge is 0.460 e. The number of hydrogen-bond donors (Lipinski definition) is 0. The third kappa shape index (κ3) is 4.92. The second kappa shape index (κ2) is 11.8. The summed E-state index contributed by atoms with van der Waals surface area (Å²) in [5, 5.41) is 0. The highest BCUT2D eigenvalue weighted by molar-refractivity contribution is 5.78. The Morgan fingerprint density at radius 1 is 0.833 bits per heavy atom. The fraction of sp³-hybridized carbons (Fsp3) is 0.756. The first kappa shape index (κ1) is 34.5. The molecule has 7 rings (SSSR count). The fourth-order valence-electron chi connectivity index (χ4n) is 14.3. The molecule has 0 unspecified atom stereocenters. The monoisotopic (exact) mass is 656 g/mol. The molecule has 264 valence electrons. The molecule has 6 aliphatic carbocycles. The van der Waals surface area contributed by atoms with Crippen LogP contribution in [-0.2, 0) is 16.1 Å². The van der Waals surface area contributed by atoms with Crippen molar-refractivity contribution >= 4 is 5.97 Å². The Kier molecular flexibility index (Phi) is 8.52. The zero-order valence-electron chi connectivity index (χ0n) is 31.6. The third-order valence-corrected chi connectivity index (χ3v) is 17.2. The van der Waals surface area contributed by atoms with E-state index < -0.39 is 12.1 Å². The molecule has 4 saturated carbocycles. The van der Waals surface area contributed by atoms with E-state index in [0.717, 1.165) is 48.0 Å². The minimum Gasteiger partial charge on any atom is -0.460 e. The number of ether oxygens (including phenoxy) is 1. The van der Waals surface area contributed by atoms with Gasteiger partial charge in [-0.05, 0) is 156 Å². The average molecular weight is 657 g/mol. The topological polar surface area (TPSA) is 26.3 Å². The van der Waals surface area contributed by atoms with E-state index >= 15 is 0 Å². The number of rotatable bonds is 6. The van der Waals surface area contributed by atoms with Gasteiger partial charge in [0.15, 0.2) is 0 Å². The molecule has 0 saturated heterocycles. The summed E-state index contributed by atoms with van der Waals surface area (Å²) in [6.07, 6.45) is 18.9. The Balaban J connectivity index is 1.12. The Labute approximate surface area is 292 Å². The summed E-state index contributed by atoms with van der Waals surface area (Å²) < 4.78 is 20.4. The molecule has 0 radical (unpaired) electrons. The van der Waals surface area contributed by atoms with Gasteiger partial charge in [-0.15, -0.1) is 0 Å².